The maximum Gasteiger partial charge on any atom is 0.231 e. The molecule has 3 aromatic rings. The monoisotopic (exact) mass is 433 g/mol. The van der Waals surface area contributed by atoms with Crippen LogP contribution in [0.4, 0.5) is 0 Å². The molecule has 0 bridgehead atoms. The van der Waals surface area contributed by atoms with Gasteiger partial charge in [0.25, 0.3) is 0 Å². The number of nitrogens with one attached hydrogen (secondary N) is 1. The van der Waals surface area contributed by atoms with Gasteiger partial charge in [-0.05, 0) is 44.9 Å². The van der Waals surface area contributed by atoms with E-state index in [0.717, 1.165) is 28.2 Å². The highest BCUT2D eigenvalue weighted by molar-refractivity contribution is 7.99. The van der Waals surface area contributed by atoms with E-state index in [2.05, 4.69) is 27.6 Å². The van der Waals surface area contributed by atoms with Crippen LogP contribution in [0.2, 0.25) is 0 Å². The molecule has 1 N–H and O–H groups in total. The van der Waals surface area contributed by atoms with Crippen molar-refractivity contribution in [3.8, 4) is 23.1 Å². The van der Waals surface area contributed by atoms with Crippen LogP contribution in [0.15, 0.2) is 53.7 Å². The fourth-order valence-corrected chi connectivity index (χ4v) is 3.77. The molecule has 0 fully saturated rings. The van der Waals surface area contributed by atoms with Gasteiger partial charge < -0.3 is 5.32 Å². The molecule has 6 nitrogen and oxygen atoms in total. The van der Waals surface area contributed by atoms with E-state index in [9.17, 15) is 10.1 Å². The Kier molecular flexibility index (Phi) is 6.81. The molecule has 3 rings (SSSR count). The average Bonchev–Trinajstić information content (AvgIpc) is 3.16. The van der Waals surface area contributed by atoms with E-state index in [-0.39, 0.29) is 17.6 Å². The van der Waals surface area contributed by atoms with E-state index in [0.29, 0.717) is 5.16 Å². The quantitative estimate of drug-likeness (QED) is 0.546. The van der Waals surface area contributed by atoms with Crippen molar-refractivity contribution >= 4 is 17.7 Å². The number of benzene rings is 2. The molecule has 1 amide bonds. The van der Waals surface area contributed by atoms with Gasteiger partial charge in [-0.2, -0.15) is 5.26 Å². The normalized spacial score (nSPS) is 12.9. The van der Waals surface area contributed by atoms with Crippen molar-refractivity contribution < 1.29 is 4.79 Å². The SMILES string of the molecule is Cc1ccc(-n2c(SCC(=O)NC(C)(C#N)C(C)C)nnc2-c2cccc(C)c2)cc1. The lowest BCUT2D eigenvalue weighted by atomic mass is 9.90. The third-order valence-electron chi connectivity index (χ3n) is 5.32. The molecule has 0 saturated heterocycles. The minimum Gasteiger partial charge on any atom is -0.337 e. The number of aromatic nitrogens is 3. The topological polar surface area (TPSA) is 83.6 Å². The predicted molar refractivity (Wildman–Crippen MR) is 124 cm³/mol. The highest BCUT2D eigenvalue weighted by Crippen LogP contribution is 2.28. The number of nitriles is 1. The van der Waals surface area contributed by atoms with Gasteiger partial charge in [-0.1, -0.05) is 67.1 Å². The van der Waals surface area contributed by atoms with Gasteiger partial charge in [0.2, 0.25) is 5.91 Å². The van der Waals surface area contributed by atoms with Crippen molar-refractivity contribution in [1.82, 2.24) is 20.1 Å². The fraction of sp³-hybridized carbons (Fsp3) is 0.333. The van der Waals surface area contributed by atoms with Crippen LogP contribution in [0.3, 0.4) is 0 Å². The van der Waals surface area contributed by atoms with Crippen molar-refractivity contribution in [3.63, 3.8) is 0 Å². The van der Waals surface area contributed by atoms with E-state index in [1.165, 1.54) is 11.8 Å². The third kappa shape index (κ3) is 5.15. The maximum atomic E-state index is 12.6. The number of hydrogen-bond donors (Lipinski definition) is 1. The van der Waals surface area contributed by atoms with E-state index >= 15 is 0 Å². The first kappa shape index (κ1) is 22.6. The molecule has 0 saturated carbocycles. The van der Waals surface area contributed by atoms with E-state index in [1.807, 2.05) is 74.7 Å². The molecule has 31 heavy (non-hydrogen) atoms. The lowest BCUT2D eigenvalue weighted by Crippen LogP contribution is -2.49. The Balaban J connectivity index is 1.91. The molecule has 160 valence electrons. The summed E-state index contributed by atoms with van der Waals surface area (Å²) in [5, 5.41) is 21.7. The summed E-state index contributed by atoms with van der Waals surface area (Å²) in [7, 11) is 0. The van der Waals surface area contributed by atoms with Crippen molar-refractivity contribution in [2.75, 3.05) is 5.75 Å². The minimum absolute atomic E-state index is 0.00409. The Morgan fingerprint density at radius 3 is 2.48 bits per heavy atom. The highest BCUT2D eigenvalue weighted by Gasteiger charge is 2.30. The van der Waals surface area contributed by atoms with Gasteiger partial charge in [-0.15, -0.1) is 10.2 Å². The van der Waals surface area contributed by atoms with Crippen LogP contribution in [0.5, 0.6) is 0 Å². The standard InChI is InChI=1S/C24H27N5OS/c1-16(2)24(5,15-25)26-21(30)14-31-23-28-27-22(19-8-6-7-18(4)13-19)29(23)20-11-9-17(3)10-12-20/h6-13,16H,14H2,1-5H3,(H,26,30). The van der Waals surface area contributed by atoms with Crippen molar-refractivity contribution in [2.45, 2.75) is 45.3 Å². The van der Waals surface area contributed by atoms with Gasteiger partial charge in [-0.3, -0.25) is 9.36 Å². The summed E-state index contributed by atoms with van der Waals surface area (Å²) in [5.74, 6) is 0.648. The smallest absolute Gasteiger partial charge is 0.231 e. The predicted octanol–water partition coefficient (Wildman–Crippen LogP) is 4.70. The lowest BCUT2D eigenvalue weighted by Gasteiger charge is -2.27. The molecule has 0 radical (unpaired) electrons. The van der Waals surface area contributed by atoms with Crippen LogP contribution in [0.1, 0.15) is 31.9 Å². The van der Waals surface area contributed by atoms with E-state index in [4.69, 9.17) is 0 Å². The summed E-state index contributed by atoms with van der Waals surface area (Å²) in [6.45, 7) is 9.65. The number of carbonyl (C=O) groups excluding carboxylic acids is 1. The summed E-state index contributed by atoms with van der Waals surface area (Å²) in [5.41, 5.74) is 3.27. The second kappa shape index (κ2) is 9.36. The summed E-state index contributed by atoms with van der Waals surface area (Å²) in [6, 6.07) is 18.4. The number of hydrogen-bond acceptors (Lipinski definition) is 5. The second-order valence-electron chi connectivity index (χ2n) is 8.15. The Morgan fingerprint density at radius 2 is 1.87 bits per heavy atom. The Bertz CT molecular complexity index is 1110. The molecule has 0 aliphatic rings. The zero-order valence-electron chi connectivity index (χ0n) is 18.5. The zero-order valence-corrected chi connectivity index (χ0v) is 19.3. The van der Waals surface area contributed by atoms with Gasteiger partial charge in [0.15, 0.2) is 11.0 Å². The van der Waals surface area contributed by atoms with Crippen LogP contribution in [0.25, 0.3) is 17.1 Å². The van der Waals surface area contributed by atoms with Gasteiger partial charge in [-0.25, -0.2) is 0 Å². The number of amides is 1. The first-order chi connectivity index (χ1) is 14.7. The molecule has 0 aliphatic heterocycles. The molecular weight excluding hydrogens is 406 g/mol. The minimum atomic E-state index is -0.908. The first-order valence-corrected chi connectivity index (χ1v) is 11.2. The Hall–Kier alpha value is -3.11. The molecule has 1 atom stereocenters. The average molecular weight is 434 g/mol. The summed E-state index contributed by atoms with van der Waals surface area (Å²) in [6.07, 6.45) is 0. The summed E-state index contributed by atoms with van der Waals surface area (Å²) in [4.78, 5) is 12.6. The number of carbonyl (C=O) groups is 1. The van der Waals surface area contributed by atoms with Crippen LogP contribution < -0.4 is 5.32 Å². The lowest BCUT2D eigenvalue weighted by molar-refractivity contribution is -0.120. The highest BCUT2D eigenvalue weighted by atomic mass is 32.2. The number of rotatable bonds is 7. The zero-order chi connectivity index (χ0) is 22.6. The second-order valence-corrected chi connectivity index (χ2v) is 9.09. The fourth-order valence-electron chi connectivity index (χ4n) is 3.02. The largest absolute Gasteiger partial charge is 0.337 e. The first-order valence-electron chi connectivity index (χ1n) is 10.2. The Morgan fingerprint density at radius 1 is 1.16 bits per heavy atom. The van der Waals surface area contributed by atoms with Gasteiger partial charge >= 0.3 is 0 Å². The van der Waals surface area contributed by atoms with Gasteiger partial charge in [0, 0.05) is 11.3 Å². The molecule has 1 unspecified atom stereocenters. The van der Waals surface area contributed by atoms with E-state index < -0.39 is 5.54 Å². The van der Waals surface area contributed by atoms with E-state index in [1.54, 1.807) is 6.92 Å². The summed E-state index contributed by atoms with van der Waals surface area (Å²) < 4.78 is 1.97. The molecule has 1 heterocycles. The maximum absolute atomic E-state index is 12.6. The van der Waals surface area contributed by atoms with Gasteiger partial charge in [0.1, 0.15) is 5.54 Å². The number of thioether (sulfide) groups is 1. The molecule has 0 spiro atoms. The summed E-state index contributed by atoms with van der Waals surface area (Å²) >= 11 is 1.30. The van der Waals surface area contributed by atoms with Crippen LogP contribution in [-0.4, -0.2) is 32.0 Å². The molecule has 2 aromatic carbocycles. The number of nitrogens with zero attached hydrogens (tertiary/aromatic N) is 4. The molecular formula is C24H27N5OS. The van der Waals surface area contributed by atoms with Crippen molar-refractivity contribution in [2.24, 2.45) is 5.92 Å². The van der Waals surface area contributed by atoms with Crippen LogP contribution in [-0.2, 0) is 4.79 Å². The molecule has 1 aromatic heterocycles. The molecule has 0 aliphatic carbocycles. The van der Waals surface area contributed by atoms with Crippen LogP contribution in [0, 0.1) is 31.1 Å². The van der Waals surface area contributed by atoms with Crippen molar-refractivity contribution in [1.29, 1.82) is 5.26 Å². The Labute approximate surface area is 187 Å². The van der Waals surface area contributed by atoms with Crippen LogP contribution >= 0.6 is 11.8 Å². The molecule has 7 heteroatoms. The third-order valence-corrected chi connectivity index (χ3v) is 6.25. The van der Waals surface area contributed by atoms with Gasteiger partial charge in [0.05, 0.1) is 11.8 Å². The van der Waals surface area contributed by atoms with Crippen molar-refractivity contribution in [3.05, 3.63) is 59.7 Å². The number of aryl methyl sites for hydroxylation is 2.